The monoisotopic (exact) mass is 781 g/mol. The zero-order chi connectivity index (χ0) is 40.0. The molecule has 2 heterocycles. The number of hydrogen-bond acceptors (Lipinski definition) is 15. The molecule has 302 valence electrons. The average Bonchev–Trinajstić information content (AvgIpc) is 3.16. The van der Waals surface area contributed by atoms with Crippen molar-refractivity contribution in [3.05, 3.63) is 108 Å². The maximum atomic E-state index is 12.5. The molecule has 2 fully saturated rings. The lowest BCUT2D eigenvalue weighted by Crippen LogP contribution is -2.66. The first-order valence-corrected chi connectivity index (χ1v) is 18.0. The number of aliphatic hydroxyl groups is 1. The topological polar surface area (TPSA) is 207 Å². The fourth-order valence-corrected chi connectivity index (χ4v) is 6.36. The minimum atomic E-state index is -1.73. The zero-order valence-corrected chi connectivity index (χ0v) is 31.2. The molecule has 0 radical (unpaired) electrons. The number of hydrogen-bond donors (Lipinski definition) is 2. The molecule has 10 atom stereocenters. The Bertz CT molecular complexity index is 1700. The number of rotatable bonds is 17. The van der Waals surface area contributed by atoms with Crippen molar-refractivity contribution in [2.75, 3.05) is 13.2 Å². The number of esters is 3. The maximum absolute atomic E-state index is 12.5. The van der Waals surface area contributed by atoms with Crippen molar-refractivity contribution in [3.63, 3.8) is 0 Å². The van der Waals surface area contributed by atoms with Crippen LogP contribution in [0.5, 0.6) is 0 Å². The highest BCUT2D eigenvalue weighted by molar-refractivity contribution is 5.68. The second kappa shape index (κ2) is 20.8. The Morgan fingerprint density at radius 2 is 1.07 bits per heavy atom. The van der Waals surface area contributed by atoms with Crippen LogP contribution in [0.4, 0.5) is 4.79 Å². The number of amides is 1. The lowest BCUT2D eigenvalue weighted by Gasteiger charge is -2.48. The molecule has 1 amide bonds. The molecule has 5 rings (SSSR count). The fourth-order valence-electron chi connectivity index (χ4n) is 6.36. The van der Waals surface area contributed by atoms with E-state index in [1.807, 2.05) is 91.0 Å². The molecule has 2 aliphatic rings. The molecule has 16 nitrogen and oxygen atoms in total. The number of benzene rings is 3. The normalized spacial score (nSPS) is 27.4. The first-order chi connectivity index (χ1) is 27.0. The van der Waals surface area contributed by atoms with E-state index >= 15 is 0 Å². The number of aliphatic hydroxyl groups excluding tert-OH is 1. The Kier molecular flexibility index (Phi) is 15.7. The highest BCUT2D eigenvalue weighted by Gasteiger charge is 2.56. The molecule has 0 unspecified atom stereocenters. The van der Waals surface area contributed by atoms with E-state index in [1.54, 1.807) is 0 Å². The van der Waals surface area contributed by atoms with E-state index in [0.29, 0.717) is 0 Å². The summed E-state index contributed by atoms with van der Waals surface area (Å²) >= 11 is 0. The molecule has 3 aromatic carbocycles. The quantitative estimate of drug-likeness (QED) is 0.149. The molecule has 0 saturated carbocycles. The minimum absolute atomic E-state index is 0.0254. The van der Waals surface area contributed by atoms with Crippen LogP contribution in [0.3, 0.4) is 0 Å². The van der Waals surface area contributed by atoms with Gasteiger partial charge in [0, 0.05) is 20.8 Å². The van der Waals surface area contributed by atoms with Gasteiger partial charge in [0.05, 0.1) is 26.4 Å². The second-order valence-electron chi connectivity index (χ2n) is 13.1. The number of carbonyl (C=O) groups is 4. The predicted octanol–water partition coefficient (Wildman–Crippen LogP) is 3.09. The Morgan fingerprint density at radius 1 is 0.571 bits per heavy atom. The number of ether oxygens (including phenoxy) is 10. The third kappa shape index (κ3) is 12.3. The van der Waals surface area contributed by atoms with Crippen molar-refractivity contribution in [1.82, 2.24) is 0 Å². The second-order valence-corrected chi connectivity index (χ2v) is 13.1. The number of primary amides is 1. The van der Waals surface area contributed by atoms with Crippen molar-refractivity contribution in [2.24, 2.45) is 5.73 Å². The summed E-state index contributed by atoms with van der Waals surface area (Å²) in [5, 5.41) is 11.7. The van der Waals surface area contributed by atoms with Gasteiger partial charge in [0.25, 0.3) is 0 Å². The highest BCUT2D eigenvalue weighted by Crippen LogP contribution is 2.35. The molecule has 2 saturated heterocycles. The van der Waals surface area contributed by atoms with Crippen LogP contribution in [0, 0.1) is 0 Å². The van der Waals surface area contributed by atoms with Crippen LogP contribution in [-0.2, 0) is 81.6 Å². The van der Waals surface area contributed by atoms with Gasteiger partial charge in [0.2, 0.25) is 0 Å². The van der Waals surface area contributed by atoms with Gasteiger partial charge in [0.15, 0.2) is 30.9 Å². The third-order valence-electron chi connectivity index (χ3n) is 8.76. The van der Waals surface area contributed by atoms with E-state index in [0.717, 1.165) is 37.5 Å². The Hall–Kier alpha value is -4.94. The molecule has 0 bridgehead atoms. The largest absolute Gasteiger partial charge is 0.463 e. The molecular formula is C40H47NO15. The maximum Gasteiger partial charge on any atom is 0.405 e. The van der Waals surface area contributed by atoms with Crippen molar-refractivity contribution in [1.29, 1.82) is 0 Å². The molecule has 0 aromatic heterocycles. The predicted molar refractivity (Wildman–Crippen MR) is 193 cm³/mol. The van der Waals surface area contributed by atoms with Gasteiger partial charge in [-0.05, 0) is 16.7 Å². The number of nitrogens with two attached hydrogens (primary N) is 1. The van der Waals surface area contributed by atoms with E-state index in [-0.39, 0.29) is 26.4 Å². The summed E-state index contributed by atoms with van der Waals surface area (Å²) < 4.78 is 59.4. The fraction of sp³-hybridized carbons (Fsp3) is 0.450. The van der Waals surface area contributed by atoms with E-state index in [1.165, 1.54) is 0 Å². The standard InChI is InChI=1S/C40H47NO15/c1-24(42)48-23-31-33(51-25(2)43)35(56-40(41)46)37(52-26(3)44)39(54-31)55-36-34(50-21-29-17-11-6-12-18-29)32(49-20-28-15-9-5-10-16-28)30(53-38(36)45)22-47-19-27-13-7-4-8-14-27/h4-18,30-39,45H,19-23H2,1-3H3,(H2,41,46)/t30-,31+,32+,33+,34-,35-,36-,37-,38-,39+/m0/s1. The SMILES string of the molecule is CC(=O)OC[C@H]1O[C@H](O[C@H]2[C@@H](OCc3ccccc3)[C@H](OCc3ccccc3)[C@H](COCc3ccccc3)O[C@@H]2O)[C@@H](OC(C)=O)[C@@H](OC(N)=O)[C@@H]1OC(C)=O. The third-order valence-corrected chi connectivity index (χ3v) is 8.76. The molecule has 3 N–H and O–H groups in total. The zero-order valence-electron chi connectivity index (χ0n) is 31.2. The van der Waals surface area contributed by atoms with Gasteiger partial charge in [-0.1, -0.05) is 91.0 Å². The van der Waals surface area contributed by atoms with Crippen LogP contribution in [0.15, 0.2) is 91.0 Å². The van der Waals surface area contributed by atoms with Crippen LogP contribution in [-0.4, -0.2) is 104 Å². The van der Waals surface area contributed by atoms with Crippen molar-refractivity contribution >= 4 is 24.0 Å². The Morgan fingerprint density at radius 3 is 1.59 bits per heavy atom. The van der Waals surface area contributed by atoms with Crippen LogP contribution in [0.1, 0.15) is 37.5 Å². The van der Waals surface area contributed by atoms with Gasteiger partial charge in [-0.3, -0.25) is 14.4 Å². The average molecular weight is 782 g/mol. The summed E-state index contributed by atoms with van der Waals surface area (Å²) in [6.45, 7) is 3.18. The molecule has 56 heavy (non-hydrogen) atoms. The van der Waals surface area contributed by atoms with Crippen molar-refractivity contribution < 1.29 is 71.7 Å². The highest BCUT2D eigenvalue weighted by atomic mass is 16.8. The van der Waals surface area contributed by atoms with E-state index in [4.69, 9.17) is 53.1 Å². The summed E-state index contributed by atoms with van der Waals surface area (Å²) in [6.07, 6.45) is -15.3. The Labute approximate surface area is 323 Å². The van der Waals surface area contributed by atoms with Crippen molar-refractivity contribution in [3.8, 4) is 0 Å². The Balaban J connectivity index is 1.51. The molecular weight excluding hydrogens is 734 g/mol. The summed E-state index contributed by atoms with van der Waals surface area (Å²) in [6, 6.07) is 28.1. The van der Waals surface area contributed by atoms with Gasteiger partial charge in [-0.25, -0.2) is 4.79 Å². The van der Waals surface area contributed by atoms with Gasteiger partial charge >= 0.3 is 24.0 Å². The van der Waals surface area contributed by atoms with E-state index in [2.05, 4.69) is 0 Å². The first kappa shape index (κ1) is 42.2. The van der Waals surface area contributed by atoms with E-state index < -0.39 is 92.0 Å². The summed E-state index contributed by atoms with van der Waals surface area (Å²) in [5.74, 6) is -2.39. The van der Waals surface area contributed by atoms with E-state index in [9.17, 15) is 24.3 Å². The molecule has 2 aliphatic heterocycles. The van der Waals surface area contributed by atoms with Crippen LogP contribution in [0.2, 0.25) is 0 Å². The molecule has 16 heteroatoms. The van der Waals surface area contributed by atoms with Crippen LogP contribution >= 0.6 is 0 Å². The van der Waals surface area contributed by atoms with Crippen LogP contribution in [0.25, 0.3) is 0 Å². The molecule has 0 aliphatic carbocycles. The first-order valence-electron chi connectivity index (χ1n) is 18.0. The summed E-state index contributed by atoms with van der Waals surface area (Å²) in [5.41, 5.74) is 7.96. The lowest BCUT2D eigenvalue weighted by atomic mass is 9.96. The van der Waals surface area contributed by atoms with Gasteiger partial charge in [-0.2, -0.15) is 0 Å². The number of carbonyl (C=O) groups excluding carboxylic acids is 4. The lowest BCUT2D eigenvalue weighted by molar-refractivity contribution is -0.369. The minimum Gasteiger partial charge on any atom is -0.463 e. The summed E-state index contributed by atoms with van der Waals surface area (Å²) in [4.78, 5) is 48.8. The molecule has 3 aromatic rings. The van der Waals surface area contributed by atoms with Gasteiger partial charge in [0.1, 0.15) is 37.1 Å². The summed E-state index contributed by atoms with van der Waals surface area (Å²) in [7, 11) is 0. The smallest absolute Gasteiger partial charge is 0.405 e. The van der Waals surface area contributed by atoms with Crippen molar-refractivity contribution in [2.45, 2.75) is 102 Å². The van der Waals surface area contributed by atoms with Crippen LogP contribution < -0.4 is 5.73 Å². The van der Waals surface area contributed by atoms with Gasteiger partial charge < -0.3 is 58.2 Å². The van der Waals surface area contributed by atoms with Gasteiger partial charge in [-0.15, -0.1) is 0 Å². The molecule has 0 spiro atoms.